The number of hydrogen-bond acceptors (Lipinski definition) is 2. The number of rotatable bonds is 2. The molecule has 0 unspecified atom stereocenters. The molecule has 0 aliphatic rings. The molecule has 0 aromatic carbocycles. The van der Waals surface area contributed by atoms with Crippen LogP contribution >= 0.6 is 22.6 Å². The fourth-order valence-corrected chi connectivity index (χ4v) is 1.32. The number of hydrogen-bond donors (Lipinski definition) is 1. The molecule has 74 valence electrons. The first-order valence-corrected chi connectivity index (χ1v) is 4.91. The number of nitrogens with zero attached hydrogens (tertiary/aromatic N) is 4. The van der Waals surface area contributed by atoms with Gasteiger partial charge in [-0.15, -0.1) is 0 Å². The van der Waals surface area contributed by atoms with E-state index in [2.05, 4.69) is 49.5 Å². The molecule has 0 aliphatic carbocycles. The molecule has 1 aromatic heterocycles. The van der Waals surface area contributed by atoms with E-state index in [0.29, 0.717) is 5.96 Å². The highest BCUT2D eigenvalue weighted by atomic mass is 127. The summed E-state index contributed by atoms with van der Waals surface area (Å²) in [6.07, 6.45) is 6.42. The van der Waals surface area contributed by atoms with Gasteiger partial charge in [-0.2, -0.15) is 0 Å². The maximum atomic E-state index is 4.10. The van der Waals surface area contributed by atoms with Crippen molar-refractivity contribution < 1.29 is 0 Å². The zero-order chi connectivity index (χ0) is 10.4. The molecule has 1 heterocycles. The molecular weight excluding hydrogens is 293 g/mol. The zero-order valence-electron chi connectivity index (χ0n) is 7.68. The smallest absolute Gasteiger partial charge is 0.214 e. The Morgan fingerprint density at radius 2 is 2.57 bits per heavy atom. The molecule has 1 rings (SSSR count). The molecule has 5 nitrogen and oxygen atoms in total. The number of halogens is 1. The largest absolute Gasteiger partial charge is 0.332 e. The van der Waals surface area contributed by atoms with Crippen LogP contribution in [0.3, 0.4) is 0 Å². The van der Waals surface area contributed by atoms with E-state index in [9.17, 15) is 0 Å². The van der Waals surface area contributed by atoms with Crippen molar-refractivity contribution in [3.63, 3.8) is 0 Å². The van der Waals surface area contributed by atoms with Gasteiger partial charge in [0.2, 0.25) is 5.96 Å². The summed E-state index contributed by atoms with van der Waals surface area (Å²) in [4.78, 5) is 11.9. The molecule has 0 saturated heterocycles. The van der Waals surface area contributed by atoms with Crippen molar-refractivity contribution in [3.8, 4) is 0 Å². The third-order valence-corrected chi connectivity index (χ3v) is 2.15. The van der Waals surface area contributed by atoms with Crippen LogP contribution in [0.2, 0.25) is 0 Å². The van der Waals surface area contributed by atoms with E-state index in [1.165, 1.54) is 6.34 Å². The van der Waals surface area contributed by atoms with Crippen LogP contribution < -0.4 is 5.32 Å². The maximum absolute atomic E-state index is 4.10. The summed E-state index contributed by atoms with van der Waals surface area (Å²) in [5.41, 5.74) is 0. The third-order valence-electron chi connectivity index (χ3n) is 1.35. The Morgan fingerprint density at radius 3 is 3.07 bits per heavy atom. The zero-order valence-corrected chi connectivity index (χ0v) is 9.84. The lowest BCUT2D eigenvalue weighted by molar-refractivity contribution is 1.02. The molecule has 0 spiro atoms. The summed E-state index contributed by atoms with van der Waals surface area (Å²) < 4.78 is 2.75. The fourth-order valence-electron chi connectivity index (χ4n) is 0.807. The van der Waals surface area contributed by atoms with Crippen molar-refractivity contribution in [3.05, 3.63) is 29.0 Å². The second kappa shape index (κ2) is 5.53. The average Bonchev–Trinajstić information content (AvgIpc) is 2.59. The fraction of sp³-hybridized carbons (Fsp3) is 0.125. The predicted octanol–water partition coefficient (Wildman–Crippen LogP) is 1.08. The van der Waals surface area contributed by atoms with E-state index < -0.39 is 0 Å². The molecule has 0 atom stereocenters. The van der Waals surface area contributed by atoms with Gasteiger partial charge in [0.15, 0.2) is 0 Å². The molecule has 1 aromatic rings. The van der Waals surface area contributed by atoms with Gasteiger partial charge in [-0.1, -0.05) is 6.58 Å². The summed E-state index contributed by atoms with van der Waals surface area (Å²) in [5, 5.41) is 2.90. The Morgan fingerprint density at radius 1 is 1.79 bits per heavy atom. The van der Waals surface area contributed by atoms with Gasteiger partial charge < -0.3 is 5.32 Å². The molecule has 0 bridgehead atoms. The van der Waals surface area contributed by atoms with E-state index in [4.69, 9.17) is 0 Å². The second-order valence-electron chi connectivity index (χ2n) is 2.26. The summed E-state index contributed by atoms with van der Waals surface area (Å²) in [6, 6.07) is 0. The van der Waals surface area contributed by atoms with Crippen LogP contribution in [0.15, 0.2) is 35.3 Å². The summed E-state index contributed by atoms with van der Waals surface area (Å²) >= 11 is 2.16. The van der Waals surface area contributed by atoms with Crippen LogP contribution in [0, 0.1) is 3.70 Å². The quantitative estimate of drug-likeness (QED) is 0.505. The minimum absolute atomic E-state index is 0.618. The van der Waals surface area contributed by atoms with Crippen molar-refractivity contribution in [2.75, 3.05) is 7.05 Å². The lowest BCUT2D eigenvalue weighted by atomic mass is 10.8. The van der Waals surface area contributed by atoms with Crippen molar-refractivity contribution in [2.24, 2.45) is 9.98 Å². The standard InChI is InChI=1S/C8H10IN5/c1-3-12-8(13-5-10-2)14-6-11-4-7(14)9/h3-6H,1H2,2H3,(H,10,12,13). The van der Waals surface area contributed by atoms with Gasteiger partial charge in [-0.25, -0.2) is 9.98 Å². The van der Waals surface area contributed by atoms with Crippen LogP contribution in [0.4, 0.5) is 0 Å². The first-order valence-electron chi connectivity index (χ1n) is 3.83. The second-order valence-corrected chi connectivity index (χ2v) is 3.37. The highest BCUT2D eigenvalue weighted by Gasteiger charge is 2.03. The average molecular weight is 303 g/mol. The topological polar surface area (TPSA) is 54.6 Å². The van der Waals surface area contributed by atoms with Crippen molar-refractivity contribution in [2.45, 2.75) is 0 Å². The van der Waals surface area contributed by atoms with Crippen LogP contribution in [0.25, 0.3) is 0 Å². The highest BCUT2D eigenvalue weighted by Crippen LogP contribution is 2.01. The molecule has 6 heteroatoms. The summed E-state index contributed by atoms with van der Waals surface area (Å²) in [7, 11) is 1.66. The van der Waals surface area contributed by atoms with Gasteiger partial charge in [-0.05, 0) is 28.8 Å². The summed E-state index contributed by atoms with van der Waals surface area (Å²) in [5.74, 6) is 0.618. The van der Waals surface area contributed by atoms with Crippen LogP contribution in [0.1, 0.15) is 0 Å². The van der Waals surface area contributed by atoms with Crippen LogP contribution in [-0.2, 0) is 0 Å². The van der Waals surface area contributed by atoms with Gasteiger partial charge in [-0.3, -0.25) is 9.56 Å². The summed E-state index contributed by atoms with van der Waals surface area (Å²) in [6.45, 7) is 3.58. The van der Waals surface area contributed by atoms with E-state index in [-0.39, 0.29) is 0 Å². The van der Waals surface area contributed by atoms with Crippen molar-refractivity contribution >= 4 is 34.9 Å². The van der Waals surface area contributed by atoms with E-state index in [1.54, 1.807) is 30.3 Å². The molecule has 1 N–H and O–H groups in total. The molecule has 0 saturated carbocycles. The highest BCUT2D eigenvalue weighted by molar-refractivity contribution is 14.1. The molecule has 0 radical (unpaired) electrons. The SMILES string of the molecule is C=CNC(=NC=NC)n1cncc1I. The molecular formula is C8H10IN5. The Labute approximate surface area is 95.8 Å². The number of nitrogens with one attached hydrogen (secondary N) is 1. The lowest BCUT2D eigenvalue weighted by Crippen LogP contribution is -2.26. The van der Waals surface area contributed by atoms with E-state index >= 15 is 0 Å². The Kier molecular flexibility index (Phi) is 4.30. The van der Waals surface area contributed by atoms with Gasteiger partial charge in [0.25, 0.3) is 0 Å². The number of aliphatic imine (C=N–C) groups is 2. The van der Waals surface area contributed by atoms with Crippen LogP contribution in [0.5, 0.6) is 0 Å². The van der Waals surface area contributed by atoms with E-state index in [0.717, 1.165) is 3.70 Å². The first kappa shape index (κ1) is 10.9. The number of imidazole rings is 1. The molecule has 0 aliphatic heterocycles. The van der Waals surface area contributed by atoms with Gasteiger partial charge >= 0.3 is 0 Å². The van der Waals surface area contributed by atoms with Crippen LogP contribution in [-0.4, -0.2) is 28.9 Å². The third kappa shape index (κ3) is 2.66. The lowest BCUT2D eigenvalue weighted by Gasteiger charge is -2.05. The maximum Gasteiger partial charge on any atom is 0.214 e. The minimum atomic E-state index is 0.618. The molecule has 14 heavy (non-hydrogen) atoms. The first-order chi connectivity index (χ1) is 6.79. The van der Waals surface area contributed by atoms with Gasteiger partial charge in [0, 0.05) is 7.05 Å². The normalized spacial score (nSPS) is 12.0. The van der Waals surface area contributed by atoms with Gasteiger partial charge in [0.05, 0.1) is 6.20 Å². The predicted molar refractivity (Wildman–Crippen MR) is 65.5 cm³/mol. The Balaban J connectivity index is 2.99. The van der Waals surface area contributed by atoms with Crippen molar-refractivity contribution in [1.82, 2.24) is 14.9 Å². The number of aromatic nitrogens is 2. The van der Waals surface area contributed by atoms with Crippen molar-refractivity contribution in [1.29, 1.82) is 0 Å². The van der Waals surface area contributed by atoms with Gasteiger partial charge in [0.1, 0.15) is 16.4 Å². The molecule has 0 amide bonds. The van der Waals surface area contributed by atoms with E-state index in [1.807, 2.05) is 0 Å². The monoisotopic (exact) mass is 303 g/mol. The molecule has 0 fully saturated rings. The Bertz CT molecular complexity index is 366. The minimum Gasteiger partial charge on any atom is -0.332 e. The Hall–Kier alpha value is -1.18.